The fourth-order valence-electron chi connectivity index (χ4n) is 2.82. The Labute approximate surface area is 117 Å². The van der Waals surface area contributed by atoms with Crippen LogP contribution < -0.4 is 4.74 Å². The molecule has 0 saturated carbocycles. The number of aryl methyl sites for hydroxylation is 1. The standard InChI is InChI=1S/C17H17NO2/c1-3-8-18-15-7-5-4-6-13(15)14-9-12(11-19)17(20-2)10-16(14)18/h4-7,9-11H,3,8H2,1-2H3. The summed E-state index contributed by atoms with van der Waals surface area (Å²) in [5.41, 5.74) is 2.92. The maximum absolute atomic E-state index is 11.2. The van der Waals surface area contributed by atoms with Crippen LogP contribution in [0.15, 0.2) is 36.4 Å². The first-order valence-electron chi connectivity index (χ1n) is 6.84. The summed E-state index contributed by atoms with van der Waals surface area (Å²) in [5, 5.41) is 2.29. The van der Waals surface area contributed by atoms with E-state index in [1.165, 1.54) is 10.9 Å². The van der Waals surface area contributed by atoms with Crippen molar-refractivity contribution in [3.63, 3.8) is 0 Å². The number of aromatic nitrogens is 1. The molecule has 0 saturated heterocycles. The second kappa shape index (κ2) is 5.00. The van der Waals surface area contributed by atoms with E-state index in [4.69, 9.17) is 4.74 Å². The van der Waals surface area contributed by atoms with Crippen molar-refractivity contribution in [3.8, 4) is 5.75 Å². The average molecular weight is 267 g/mol. The zero-order chi connectivity index (χ0) is 14.1. The SMILES string of the molecule is CCCn1c2ccccc2c2cc(C=O)c(OC)cc21. The molecule has 3 rings (SSSR count). The van der Waals surface area contributed by atoms with Crippen LogP contribution in [0.4, 0.5) is 0 Å². The molecule has 0 aliphatic rings. The van der Waals surface area contributed by atoms with E-state index >= 15 is 0 Å². The highest BCUT2D eigenvalue weighted by molar-refractivity contribution is 6.10. The van der Waals surface area contributed by atoms with Gasteiger partial charge in [0.25, 0.3) is 0 Å². The smallest absolute Gasteiger partial charge is 0.153 e. The minimum Gasteiger partial charge on any atom is -0.496 e. The number of hydrogen-bond acceptors (Lipinski definition) is 2. The van der Waals surface area contributed by atoms with Gasteiger partial charge in [0.15, 0.2) is 6.29 Å². The molecule has 0 unspecified atom stereocenters. The lowest BCUT2D eigenvalue weighted by atomic mass is 10.1. The minimum absolute atomic E-state index is 0.597. The minimum atomic E-state index is 0.597. The molecule has 0 fully saturated rings. The number of nitrogens with zero attached hydrogens (tertiary/aromatic N) is 1. The van der Waals surface area contributed by atoms with Crippen LogP contribution in [0.1, 0.15) is 23.7 Å². The average Bonchev–Trinajstić information content (AvgIpc) is 2.80. The molecule has 0 amide bonds. The zero-order valence-corrected chi connectivity index (χ0v) is 11.7. The molecule has 0 radical (unpaired) electrons. The van der Waals surface area contributed by atoms with Crippen molar-refractivity contribution in [3.05, 3.63) is 42.0 Å². The Morgan fingerprint density at radius 1 is 1.15 bits per heavy atom. The molecule has 3 aromatic rings. The van der Waals surface area contributed by atoms with Gasteiger partial charge >= 0.3 is 0 Å². The number of carbonyl (C=O) groups excluding carboxylic acids is 1. The fourth-order valence-corrected chi connectivity index (χ4v) is 2.82. The second-order valence-electron chi connectivity index (χ2n) is 4.90. The van der Waals surface area contributed by atoms with E-state index in [9.17, 15) is 4.79 Å². The molecule has 1 heterocycles. The van der Waals surface area contributed by atoms with E-state index in [1.54, 1.807) is 7.11 Å². The van der Waals surface area contributed by atoms with Crippen LogP contribution in [0.2, 0.25) is 0 Å². The van der Waals surface area contributed by atoms with E-state index in [0.717, 1.165) is 30.2 Å². The van der Waals surface area contributed by atoms with Crippen molar-refractivity contribution in [2.45, 2.75) is 19.9 Å². The molecular weight excluding hydrogens is 250 g/mol. The van der Waals surface area contributed by atoms with Gasteiger partial charge in [-0.1, -0.05) is 25.1 Å². The Balaban J connectivity index is 2.46. The number of rotatable bonds is 4. The summed E-state index contributed by atoms with van der Waals surface area (Å²) in [7, 11) is 1.60. The van der Waals surface area contributed by atoms with Crippen molar-refractivity contribution in [2.75, 3.05) is 7.11 Å². The third-order valence-electron chi connectivity index (χ3n) is 3.70. The fraction of sp³-hybridized carbons (Fsp3) is 0.235. The number of fused-ring (bicyclic) bond motifs is 3. The Kier molecular flexibility index (Phi) is 3.18. The van der Waals surface area contributed by atoms with Crippen molar-refractivity contribution < 1.29 is 9.53 Å². The normalized spacial score (nSPS) is 11.1. The quantitative estimate of drug-likeness (QED) is 0.668. The summed E-state index contributed by atoms with van der Waals surface area (Å²) >= 11 is 0. The molecule has 1 aromatic heterocycles. The molecule has 102 valence electrons. The maximum Gasteiger partial charge on any atom is 0.153 e. The van der Waals surface area contributed by atoms with Crippen LogP contribution in [-0.4, -0.2) is 18.0 Å². The van der Waals surface area contributed by atoms with Gasteiger partial charge in [-0.25, -0.2) is 0 Å². The van der Waals surface area contributed by atoms with E-state index in [0.29, 0.717) is 11.3 Å². The molecule has 20 heavy (non-hydrogen) atoms. The zero-order valence-electron chi connectivity index (χ0n) is 11.7. The van der Waals surface area contributed by atoms with Gasteiger partial charge in [-0.2, -0.15) is 0 Å². The highest BCUT2D eigenvalue weighted by atomic mass is 16.5. The maximum atomic E-state index is 11.2. The number of benzene rings is 2. The second-order valence-corrected chi connectivity index (χ2v) is 4.90. The van der Waals surface area contributed by atoms with Crippen LogP contribution in [0.5, 0.6) is 5.75 Å². The van der Waals surface area contributed by atoms with E-state index in [-0.39, 0.29) is 0 Å². The van der Waals surface area contributed by atoms with E-state index < -0.39 is 0 Å². The molecular formula is C17H17NO2. The topological polar surface area (TPSA) is 31.2 Å². The van der Waals surface area contributed by atoms with Crippen molar-refractivity contribution in [2.24, 2.45) is 0 Å². The lowest BCUT2D eigenvalue weighted by molar-refractivity contribution is 0.112. The molecule has 0 aliphatic carbocycles. The largest absolute Gasteiger partial charge is 0.496 e. The Morgan fingerprint density at radius 2 is 1.95 bits per heavy atom. The summed E-state index contributed by atoms with van der Waals surface area (Å²) < 4.78 is 7.62. The van der Waals surface area contributed by atoms with Gasteiger partial charge in [-0.15, -0.1) is 0 Å². The van der Waals surface area contributed by atoms with Crippen LogP contribution in [0, 0.1) is 0 Å². The summed E-state index contributed by atoms with van der Waals surface area (Å²) in [6.45, 7) is 3.12. The van der Waals surface area contributed by atoms with Gasteiger partial charge in [0.1, 0.15) is 5.75 Å². The molecule has 0 N–H and O–H groups in total. The first kappa shape index (κ1) is 12.7. The lowest BCUT2D eigenvalue weighted by Crippen LogP contribution is -1.97. The highest BCUT2D eigenvalue weighted by Gasteiger charge is 2.13. The van der Waals surface area contributed by atoms with Gasteiger partial charge in [0.2, 0.25) is 0 Å². The molecule has 3 heteroatoms. The summed E-state index contributed by atoms with van der Waals surface area (Å²) in [6, 6.07) is 12.2. The van der Waals surface area contributed by atoms with E-state index in [2.05, 4.69) is 23.6 Å². The summed E-state index contributed by atoms with van der Waals surface area (Å²) in [5.74, 6) is 0.632. The molecule has 0 spiro atoms. The van der Waals surface area contributed by atoms with Crippen LogP contribution in [0.3, 0.4) is 0 Å². The number of hydrogen-bond donors (Lipinski definition) is 0. The number of carbonyl (C=O) groups is 1. The van der Waals surface area contributed by atoms with Crippen molar-refractivity contribution >= 4 is 28.1 Å². The number of aldehydes is 1. The molecule has 3 nitrogen and oxygen atoms in total. The van der Waals surface area contributed by atoms with Gasteiger partial charge in [0, 0.05) is 28.9 Å². The molecule has 0 bridgehead atoms. The number of ether oxygens (including phenoxy) is 1. The third-order valence-corrected chi connectivity index (χ3v) is 3.70. The number of methoxy groups -OCH3 is 1. The van der Waals surface area contributed by atoms with Gasteiger partial charge in [0.05, 0.1) is 18.2 Å². The third kappa shape index (κ3) is 1.78. The van der Waals surface area contributed by atoms with Crippen LogP contribution in [0.25, 0.3) is 21.8 Å². The predicted octanol–water partition coefficient (Wildman–Crippen LogP) is 4.03. The van der Waals surface area contributed by atoms with E-state index in [1.807, 2.05) is 24.3 Å². The molecule has 2 aromatic carbocycles. The van der Waals surface area contributed by atoms with Gasteiger partial charge in [-0.05, 0) is 18.6 Å². The predicted molar refractivity (Wildman–Crippen MR) is 81.7 cm³/mol. The molecule has 0 atom stereocenters. The highest BCUT2D eigenvalue weighted by Crippen LogP contribution is 2.33. The summed E-state index contributed by atoms with van der Waals surface area (Å²) in [6.07, 6.45) is 1.91. The van der Waals surface area contributed by atoms with Gasteiger partial charge < -0.3 is 9.30 Å². The Bertz CT molecular complexity index is 786. The van der Waals surface area contributed by atoms with Crippen LogP contribution in [-0.2, 0) is 6.54 Å². The Hall–Kier alpha value is -2.29. The number of para-hydroxylation sites is 1. The van der Waals surface area contributed by atoms with Crippen molar-refractivity contribution in [1.82, 2.24) is 4.57 Å². The molecule has 0 aliphatic heterocycles. The monoisotopic (exact) mass is 267 g/mol. The first-order valence-corrected chi connectivity index (χ1v) is 6.84. The van der Waals surface area contributed by atoms with Gasteiger partial charge in [-0.3, -0.25) is 4.79 Å². The van der Waals surface area contributed by atoms with Crippen molar-refractivity contribution in [1.29, 1.82) is 0 Å². The summed E-state index contributed by atoms with van der Waals surface area (Å²) in [4.78, 5) is 11.2. The lowest BCUT2D eigenvalue weighted by Gasteiger charge is -2.07. The van der Waals surface area contributed by atoms with Crippen LogP contribution >= 0.6 is 0 Å². The first-order chi connectivity index (χ1) is 9.80. The Morgan fingerprint density at radius 3 is 2.65 bits per heavy atom.